The Hall–Kier alpha value is -2.41. The van der Waals surface area contributed by atoms with Gasteiger partial charge in [0.05, 0.1) is 13.1 Å². The molecule has 136 valence electrons. The maximum Gasteiger partial charge on any atom is 0.253 e. The van der Waals surface area contributed by atoms with Gasteiger partial charge in [0.2, 0.25) is 11.8 Å². The van der Waals surface area contributed by atoms with E-state index < -0.39 is 0 Å². The normalized spacial score (nSPS) is 17.1. The average molecular weight is 346 g/mol. The molecule has 7 heteroatoms. The lowest BCUT2D eigenvalue weighted by molar-refractivity contribution is -0.123. The number of rotatable bonds is 5. The predicted octanol–water partition coefficient (Wildman–Crippen LogP) is 0.881. The van der Waals surface area contributed by atoms with Gasteiger partial charge in [0, 0.05) is 24.3 Å². The third-order valence-electron chi connectivity index (χ3n) is 4.32. The van der Waals surface area contributed by atoms with Gasteiger partial charge in [-0.3, -0.25) is 14.4 Å². The Morgan fingerprint density at radius 3 is 2.68 bits per heavy atom. The van der Waals surface area contributed by atoms with Crippen LogP contribution < -0.4 is 16.4 Å². The molecule has 7 nitrogen and oxygen atoms in total. The molecule has 1 saturated heterocycles. The Balaban J connectivity index is 1.98. The third-order valence-corrected chi connectivity index (χ3v) is 4.32. The van der Waals surface area contributed by atoms with Crippen molar-refractivity contribution in [3.8, 4) is 0 Å². The van der Waals surface area contributed by atoms with Crippen molar-refractivity contribution >= 4 is 23.4 Å². The number of carbonyl (C=O) groups is 3. The number of amides is 3. The van der Waals surface area contributed by atoms with Crippen molar-refractivity contribution in [3.05, 3.63) is 29.3 Å². The second-order valence-corrected chi connectivity index (χ2v) is 6.56. The first-order chi connectivity index (χ1) is 11.9. The number of aryl methyl sites for hydroxylation is 1. The fraction of sp³-hybridized carbons (Fsp3) is 0.500. The van der Waals surface area contributed by atoms with Gasteiger partial charge in [-0.05, 0) is 49.4 Å². The van der Waals surface area contributed by atoms with Gasteiger partial charge in [-0.15, -0.1) is 0 Å². The van der Waals surface area contributed by atoms with E-state index in [1.807, 2.05) is 11.8 Å². The molecule has 0 aliphatic carbocycles. The molecule has 0 radical (unpaired) electrons. The minimum Gasteiger partial charge on any atom is -0.346 e. The molecule has 1 unspecified atom stereocenters. The number of hydrogen-bond donors (Lipinski definition) is 3. The van der Waals surface area contributed by atoms with Crippen LogP contribution in [-0.4, -0.2) is 48.8 Å². The first kappa shape index (κ1) is 18.9. The number of anilines is 1. The zero-order valence-electron chi connectivity index (χ0n) is 14.8. The van der Waals surface area contributed by atoms with Gasteiger partial charge in [-0.2, -0.15) is 0 Å². The van der Waals surface area contributed by atoms with Crippen LogP contribution in [0.1, 0.15) is 35.7 Å². The maximum absolute atomic E-state index is 12.6. The number of piperidine rings is 1. The van der Waals surface area contributed by atoms with Crippen LogP contribution in [0.25, 0.3) is 0 Å². The highest BCUT2D eigenvalue weighted by molar-refractivity contribution is 5.97. The molecule has 1 aliphatic rings. The topological polar surface area (TPSA) is 105 Å². The number of likely N-dealkylation sites (tertiary alicyclic amines) is 1. The minimum absolute atomic E-state index is 0.0303. The summed E-state index contributed by atoms with van der Waals surface area (Å²) in [6.07, 6.45) is 2.20. The highest BCUT2D eigenvalue weighted by Gasteiger charge is 2.22. The molecular formula is C18H26N4O3. The second kappa shape index (κ2) is 8.62. The molecule has 3 amide bonds. The Morgan fingerprint density at radius 1 is 1.28 bits per heavy atom. The summed E-state index contributed by atoms with van der Waals surface area (Å²) < 4.78 is 0. The Bertz CT molecular complexity index is 660. The summed E-state index contributed by atoms with van der Waals surface area (Å²) in [6, 6.07) is 5.23. The summed E-state index contributed by atoms with van der Waals surface area (Å²) in [5, 5.41) is 5.13. The molecule has 1 aliphatic heterocycles. The van der Waals surface area contributed by atoms with E-state index in [0.717, 1.165) is 31.5 Å². The second-order valence-electron chi connectivity index (χ2n) is 6.56. The highest BCUT2D eigenvalue weighted by atomic mass is 16.2. The monoisotopic (exact) mass is 346 g/mol. The first-order valence-corrected chi connectivity index (χ1v) is 8.57. The Kier molecular flexibility index (Phi) is 6.52. The van der Waals surface area contributed by atoms with Crippen molar-refractivity contribution in [2.75, 3.05) is 31.5 Å². The number of carbonyl (C=O) groups excluding carboxylic acids is 3. The summed E-state index contributed by atoms with van der Waals surface area (Å²) in [6.45, 7) is 5.29. The van der Waals surface area contributed by atoms with Gasteiger partial charge < -0.3 is 21.3 Å². The number of nitrogens with two attached hydrogens (primary N) is 1. The molecule has 0 spiro atoms. The Labute approximate surface area is 147 Å². The number of nitrogens with one attached hydrogen (secondary N) is 2. The molecule has 0 bridgehead atoms. The molecule has 1 aromatic carbocycles. The molecule has 1 atom stereocenters. The quantitative estimate of drug-likeness (QED) is 0.736. The summed E-state index contributed by atoms with van der Waals surface area (Å²) in [4.78, 5) is 37.4. The molecule has 0 aromatic heterocycles. The zero-order chi connectivity index (χ0) is 18.4. The lowest BCUT2D eigenvalue weighted by atomic mass is 9.99. The van der Waals surface area contributed by atoms with Crippen LogP contribution in [0.4, 0.5) is 5.69 Å². The molecule has 1 aromatic rings. The predicted molar refractivity (Wildman–Crippen MR) is 96.2 cm³/mol. The summed E-state index contributed by atoms with van der Waals surface area (Å²) in [7, 11) is 0. The highest BCUT2D eigenvalue weighted by Crippen LogP contribution is 2.21. The van der Waals surface area contributed by atoms with Gasteiger partial charge in [-0.1, -0.05) is 6.92 Å². The van der Waals surface area contributed by atoms with Crippen LogP contribution >= 0.6 is 0 Å². The molecule has 25 heavy (non-hydrogen) atoms. The van der Waals surface area contributed by atoms with Crippen molar-refractivity contribution in [3.63, 3.8) is 0 Å². The van der Waals surface area contributed by atoms with Crippen molar-refractivity contribution in [1.82, 2.24) is 10.2 Å². The van der Waals surface area contributed by atoms with E-state index in [-0.39, 0.29) is 30.8 Å². The van der Waals surface area contributed by atoms with Crippen LogP contribution in [0.3, 0.4) is 0 Å². The van der Waals surface area contributed by atoms with E-state index in [9.17, 15) is 14.4 Å². The van der Waals surface area contributed by atoms with Crippen molar-refractivity contribution in [2.24, 2.45) is 11.7 Å². The number of benzene rings is 1. The molecular weight excluding hydrogens is 320 g/mol. The van der Waals surface area contributed by atoms with Crippen LogP contribution in [0, 0.1) is 12.8 Å². The SMILES string of the molecule is Cc1cc(C(=O)N2CCCC(C)C2)ccc1NC(=O)CNC(=O)CN. The van der Waals surface area contributed by atoms with E-state index in [4.69, 9.17) is 5.73 Å². The van der Waals surface area contributed by atoms with Crippen LogP contribution in [0.2, 0.25) is 0 Å². The molecule has 0 saturated carbocycles. The van der Waals surface area contributed by atoms with E-state index in [1.165, 1.54) is 0 Å². The van der Waals surface area contributed by atoms with Gasteiger partial charge in [0.1, 0.15) is 0 Å². The van der Waals surface area contributed by atoms with Crippen molar-refractivity contribution < 1.29 is 14.4 Å². The molecule has 2 rings (SSSR count). The number of hydrogen-bond acceptors (Lipinski definition) is 4. The smallest absolute Gasteiger partial charge is 0.253 e. The summed E-state index contributed by atoms with van der Waals surface area (Å²) in [5.41, 5.74) is 7.22. The van der Waals surface area contributed by atoms with E-state index in [1.54, 1.807) is 18.2 Å². The Morgan fingerprint density at radius 2 is 2.04 bits per heavy atom. The van der Waals surface area contributed by atoms with Gasteiger partial charge in [-0.25, -0.2) is 0 Å². The largest absolute Gasteiger partial charge is 0.346 e. The lowest BCUT2D eigenvalue weighted by Crippen LogP contribution is -2.39. The van der Waals surface area contributed by atoms with Crippen molar-refractivity contribution in [1.29, 1.82) is 0 Å². The third kappa shape index (κ3) is 5.29. The zero-order valence-corrected chi connectivity index (χ0v) is 14.8. The molecule has 1 heterocycles. The van der Waals surface area contributed by atoms with E-state index in [0.29, 0.717) is 17.2 Å². The summed E-state index contributed by atoms with van der Waals surface area (Å²) >= 11 is 0. The standard InChI is InChI=1S/C18H26N4O3/c1-12-4-3-7-22(11-12)18(25)14-5-6-15(13(2)8-14)21-17(24)10-20-16(23)9-19/h5-6,8,12H,3-4,7,9-11,19H2,1-2H3,(H,20,23)(H,21,24). The van der Waals surface area contributed by atoms with Gasteiger partial charge in [0.25, 0.3) is 5.91 Å². The van der Waals surface area contributed by atoms with E-state index in [2.05, 4.69) is 17.6 Å². The average Bonchev–Trinajstić information content (AvgIpc) is 2.60. The summed E-state index contributed by atoms with van der Waals surface area (Å²) in [5.74, 6) is -0.166. The lowest BCUT2D eigenvalue weighted by Gasteiger charge is -2.31. The van der Waals surface area contributed by atoms with E-state index >= 15 is 0 Å². The van der Waals surface area contributed by atoms with Gasteiger partial charge in [0.15, 0.2) is 0 Å². The molecule has 4 N–H and O–H groups in total. The number of nitrogens with zero attached hydrogens (tertiary/aromatic N) is 1. The van der Waals surface area contributed by atoms with Crippen molar-refractivity contribution in [2.45, 2.75) is 26.7 Å². The van der Waals surface area contributed by atoms with Gasteiger partial charge >= 0.3 is 0 Å². The molecule has 1 fully saturated rings. The maximum atomic E-state index is 12.6. The first-order valence-electron chi connectivity index (χ1n) is 8.57. The fourth-order valence-corrected chi connectivity index (χ4v) is 2.94. The minimum atomic E-state index is -0.386. The van der Waals surface area contributed by atoms with Crippen LogP contribution in [0.5, 0.6) is 0 Å². The van der Waals surface area contributed by atoms with Crippen LogP contribution in [0.15, 0.2) is 18.2 Å². The fourth-order valence-electron chi connectivity index (χ4n) is 2.94. The van der Waals surface area contributed by atoms with Crippen LogP contribution in [-0.2, 0) is 9.59 Å².